The first-order chi connectivity index (χ1) is 17.7. The lowest BCUT2D eigenvalue weighted by molar-refractivity contribution is -0.193. The molecule has 0 unspecified atom stereocenters. The minimum atomic E-state index is -5.08. The lowest BCUT2D eigenvalue weighted by Crippen LogP contribution is -2.53. The standard InChI is InChI=1S/C18H25FN2O3.2C2HF3O2/c19-14-2-1-7-20-18(14)24-16-4-3-15-17(16)23-11-8-21(15)12-13-5-9-22-10-6-13;2*3-2(4,5)1(6)7/h1-2,7,13,15-17H,3-6,8-12H2;2*(H,6,7)/t15-,16+,17+;;/m0../s1. The number of aliphatic carboxylic acids is 2. The van der Waals surface area contributed by atoms with Gasteiger partial charge in [-0.15, -0.1) is 0 Å². The fourth-order valence-corrected chi connectivity index (χ4v) is 4.21. The molecule has 1 aromatic heterocycles. The number of carboxylic acid groups (broad SMARTS) is 2. The van der Waals surface area contributed by atoms with E-state index in [9.17, 15) is 30.7 Å². The molecule has 1 aromatic rings. The molecule has 0 bridgehead atoms. The normalized spacial score (nSPS) is 24.2. The van der Waals surface area contributed by atoms with Crippen molar-refractivity contribution < 1.29 is 64.7 Å². The summed E-state index contributed by atoms with van der Waals surface area (Å²) in [5.74, 6) is -5.12. The van der Waals surface area contributed by atoms with Gasteiger partial charge in [0.05, 0.1) is 6.61 Å². The van der Waals surface area contributed by atoms with Crippen LogP contribution >= 0.6 is 0 Å². The Kier molecular flexibility index (Phi) is 11.5. The van der Waals surface area contributed by atoms with E-state index in [-0.39, 0.29) is 18.1 Å². The number of rotatable bonds is 4. The zero-order valence-corrected chi connectivity index (χ0v) is 19.9. The topological polar surface area (TPSA) is 118 Å². The van der Waals surface area contributed by atoms with Gasteiger partial charge < -0.3 is 24.4 Å². The van der Waals surface area contributed by atoms with Crippen LogP contribution in [0.3, 0.4) is 0 Å². The molecule has 0 radical (unpaired) electrons. The van der Waals surface area contributed by atoms with Crippen LogP contribution in [-0.2, 0) is 19.1 Å². The highest BCUT2D eigenvalue weighted by Gasteiger charge is 2.45. The zero-order chi connectivity index (χ0) is 28.5. The Bertz CT molecular complexity index is 887. The van der Waals surface area contributed by atoms with Gasteiger partial charge in [-0.3, -0.25) is 4.90 Å². The molecule has 0 amide bonds. The number of fused-ring (bicyclic) bond motifs is 1. The van der Waals surface area contributed by atoms with Gasteiger partial charge >= 0.3 is 24.3 Å². The van der Waals surface area contributed by atoms with E-state index >= 15 is 0 Å². The molecule has 9 nitrogen and oxygen atoms in total. The first-order valence-corrected chi connectivity index (χ1v) is 11.5. The SMILES string of the molecule is Fc1cccnc1O[C@@H]1CC[C@H]2[C@H]1OCCN2CC1CCOCC1.O=C(O)C(F)(F)F.O=C(O)C(F)(F)F. The van der Waals surface area contributed by atoms with Gasteiger partial charge in [0.15, 0.2) is 5.82 Å². The minimum Gasteiger partial charge on any atom is -0.475 e. The maximum atomic E-state index is 13.8. The van der Waals surface area contributed by atoms with E-state index < -0.39 is 30.1 Å². The number of hydrogen-bond acceptors (Lipinski definition) is 7. The van der Waals surface area contributed by atoms with Crippen molar-refractivity contribution in [3.05, 3.63) is 24.1 Å². The van der Waals surface area contributed by atoms with Crippen LogP contribution in [0, 0.1) is 11.7 Å². The lowest BCUT2D eigenvalue weighted by Gasteiger charge is -2.41. The number of ether oxygens (including phenoxy) is 3. The third-order valence-corrected chi connectivity index (χ3v) is 5.96. The maximum absolute atomic E-state index is 13.8. The van der Waals surface area contributed by atoms with E-state index in [1.165, 1.54) is 6.07 Å². The third kappa shape index (κ3) is 9.87. The molecule has 0 spiro atoms. The summed E-state index contributed by atoms with van der Waals surface area (Å²) in [6, 6.07) is 3.33. The van der Waals surface area contributed by atoms with E-state index in [0.717, 1.165) is 58.6 Å². The minimum absolute atomic E-state index is 0.0139. The van der Waals surface area contributed by atoms with Crippen molar-refractivity contribution >= 4 is 11.9 Å². The summed E-state index contributed by atoms with van der Waals surface area (Å²) >= 11 is 0. The van der Waals surface area contributed by atoms with Gasteiger partial charge in [-0.05, 0) is 43.7 Å². The van der Waals surface area contributed by atoms with Crippen LogP contribution in [0.15, 0.2) is 18.3 Å². The summed E-state index contributed by atoms with van der Waals surface area (Å²) in [5, 5.41) is 14.2. The van der Waals surface area contributed by atoms with Crippen molar-refractivity contribution in [3.8, 4) is 5.88 Å². The van der Waals surface area contributed by atoms with Gasteiger partial charge in [0, 0.05) is 38.5 Å². The van der Waals surface area contributed by atoms with E-state index in [4.69, 9.17) is 34.0 Å². The average molecular weight is 564 g/mol. The van der Waals surface area contributed by atoms with Gasteiger partial charge in [0.1, 0.15) is 12.2 Å². The smallest absolute Gasteiger partial charge is 0.475 e. The maximum Gasteiger partial charge on any atom is 0.490 e. The van der Waals surface area contributed by atoms with Gasteiger partial charge in [-0.1, -0.05) is 0 Å². The largest absolute Gasteiger partial charge is 0.490 e. The fraction of sp³-hybridized carbons (Fsp3) is 0.682. The Morgan fingerprint density at radius 1 is 1.00 bits per heavy atom. The predicted octanol–water partition coefficient (Wildman–Crippen LogP) is 3.52. The number of pyridine rings is 1. The Hall–Kier alpha value is -2.72. The molecule has 3 aliphatic rings. The second-order valence-electron chi connectivity index (χ2n) is 8.58. The number of carboxylic acids is 2. The van der Waals surface area contributed by atoms with E-state index in [1.54, 1.807) is 12.3 Å². The summed E-state index contributed by atoms with van der Waals surface area (Å²) in [4.78, 5) is 24.4. The highest BCUT2D eigenvalue weighted by atomic mass is 19.4. The van der Waals surface area contributed by atoms with E-state index in [1.807, 2.05) is 0 Å². The molecule has 4 rings (SSSR count). The Morgan fingerprint density at radius 3 is 2.11 bits per heavy atom. The van der Waals surface area contributed by atoms with Crippen molar-refractivity contribution in [1.29, 1.82) is 0 Å². The first-order valence-electron chi connectivity index (χ1n) is 11.5. The van der Waals surface area contributed by atoms with Gasteiger partial charge in [-0.25, -0.2) is 19.0 Å². The van der Waals surface area contributed by atoms with Gasteiger partial charge in [0.25, 0.3) is 5.88 Å². The number of morpholine rings is 1. The molecule has 2 N–H and O–H groups in total. The number of hydrogen-bond donors (Lipinski definition) is 2. The number of nitrogens with zero attached hydrogens (tertiary/aromatic N) is 2. The molecule has 2 aliphatic heterocycles. The molecule has 3 heterocycles. The summed E-state index contributed by atoms with van der Waals surface area (Å²) in [7, 11) is 0. The van der Waals surface area contributed by atoms with Crippen molar-refractivity contribution in [2.75, 3.05) is 32.9 Å². The van der Waals surface area contributed by atoms with Crippen LogP contribution < -0.4 is 4.74 Å². The predicted molar refractivity (Wildman–Crippen MR) is 114 cm³/mol. The molecule has 1 saturated carbocycles. The molecule has 216 valence electrons. The van der Waals surface area contributed by atoms with Crippen LogP contribution in [-0.4, -0.2) is 95.5 Å². The third-order valence-electron chi connectivity index (χ3n) is 5.96. The molecule has 16 heteroatoms. The summed E-state index contributed by atoms with van der Waals surface area (Å²) in [6.45, 7) is 4.57. The Labute approximate surface area is 212 Å². The Morgan fingerprint density at radius 2 is 1.58 bits per heavy atom. The Balaban J connectivity index is 0.000000301. The van der Waals surface area contributed by atoms with Gasteiger partial charge in [0.2, 0.25) is 0 Å². The number of aromatic nitrogens is 1. The second-order valence-corrected chi connectivity index (χ2v) is 8.58. The van der Waals surface area contributed by atoms with Crippen molar-refractivity contribution in [3.63, 3.8) is 0 Å². The molecular weight excluding hydrogens is 537 g/mol. The molecule has 1 aliphatic carbocycles. The van der Waals surface area contributed by atoms with Crippen LogP contribution in [0.25, 0.3) is 0 Å². The van der Waals surface area contributed by atoms with Crippen molar-refractivity contribution in [2.24, 2.45) is 5.92 Å². The summed E-state index contributed by atoms with van der Waals surface area (Å²) < 4.78 is 94.6. The summed E-state index contributed by atoms with van der Waals surface area (Å²) in [5.41, 5.74) is 0. The average Bonchev–Trinajstić information content (AvgIpc) is 3.25. The zero-order valence-electron chi connectivity index (χ0n) is 19.9. The molecule has 3 atom stereocenters. The van der Waals surface area contributed by atoms with Crippen molar-refractivity contribution in [1.82, 2.24) is 9.88 Å². The van der Waals surface area contributed by atoms with Crippen molar-refractivity contribution in [2.45, 2.75) is 56.3 Å². The molecule has 2 saturated heterocycles. The molecule has 3 fully saturated rings. The van der Waals surface area contributed by atoms with Gasteiger partial charge in [-0.2, -0.15) is 26.3 Å². The van der Waals surface area contributed by atoms with E-state index in [0.29, 0.717) is 12.0 Å². The molecule has 38 heavy (non-hydrogen) atoms. The van der Waals surface area contributed by atoms with Crippen LogP contribution in [0.5, 0.6) is 5.88 Å². The molecular formula is C22H27F7N2O7. The fourth-order valence-electron chi connectivity index (χ4n) is 4.21. The number of carbonyl (C=O) groups is 2. The lowest BCUT2D eigenvalue weighted by atomic mass is 9.98. The monoisotopic (exact) mass is 564 g/mol. The van der Waals surface area contributed by atoms with Crippen LogP contribution in [0.1, 0.15) is 25.7 Å². The number of alkyl halides is 6. The summed E-state index contributed by atoms with van der Waals surface area (Å²) in [6.07, 6.45) is -4.49. The van der Waals surface area contributed by atoms with Crippen LogP contribution in [0.4, 0.5) is 30.7 Å². The molecule has 0 aromatic carbocycles. The van der Waals surface area contributed by atoms with E-state index in [2.05, 4.69) is 9.88 Å². The first kappa shape index (κ1) is 31.5. The van der Waals surface area contributed by atoms with Crippen LogP contribution in [0.2, 0.25) is 0 Å². The quantitative estimate of drug-likeness (QED) is 0.530. The highest BCUT2D eigenvalue weighted by molar-refractivity contribution is 5.73. The number of halogens is 7. The second kappa shape index (κ2) is 13.9. The highest BCUT2D eigenvalue weighted by Crippen LogP contribution is 2.34.